The molecule has 0 aromatic heterocycles. The third kappa shape index (κ3) is 6.21. The summed E-state index contributed by atoms with van der Waals surface area (Å²) in [6.45, 7) is 1.58. The molecule has 0 saturated carbocycles. The average molecular weight is 505 g/mol. The smallest absolute Gasteiger partial charge is 0.251 e. The molecule has 3 rings (SSSR count). The molecule has 0 fully saturated rings. The van der Waals surface area contributed by atoms with Crippen molar-refractivity contribution < 1.29 is 26.0 Å². The van der Waals surface area contributed by atoms with Gasteiger partial charge in [-0.05, 0) is 55.0 Å². The zero-order valence-electron chi connectivity index (χ0n) is 18.9. The number of nitrogens with zero attached hydrogens (tertiary/aromatic N) is 1. The van der Waals surface area contributed by atoms with Crippen LogP contribution in [0, 0.1) is 5.82 Å². The van der Waals surface area contributed by atoms with Crippen LogP contribution in [0.5, 0.6) is 0 Å². The molecule has 3 aromatic carbocycles. The highest BCUT2D eigenvalue weighted by molar-refractivity contribution is 7.92. The van der Waals surface area contributed by atoms with Gasteiger partial charge in [0.15, 0.2) is 9.84 Å². The van der Waals surface area contributed by atoms with Gasteiger partial charge in [-0.2, -0.15) is 0 Å². The maximum atomic E-state index is 14.1. The average Bonchev–Trinajstić information content (AvgIpc) is 2.77. The molecule has 3 aromatic rings. The molecular formula is C24H25FN2O5S2. The number of carbonyl (C=O) groups is 1. The summed E-state index contributed by atoms with van der Waals surface area (Å²) in [7, 11) is -7.02. The lowest BCUT2D eigenvalue weighted by atomic mass is 10.1. The summed E-state index contributed by atoms with van der Waals surface area (Å²) in [5.41, 5.74) is 1.56. The van der Waals surface area contributed by atoms with Gasteiger partial charge < -0.3 is 5.32 Å². The highest BCUT2D eigenvalue weighted by Crippen LogP contribution is 2.23. The standard InChI is InChI=1S/C24H25FN2O5S2/c1-17(18-10-14-22(15-11-18)33(2,29)30)26-24(28)19-8-12-21(13-9-19)27(34(3,31)32)16-20-6-4-5-7-23(20)25/h4-15,17H,16H2,1-3H3,(H,26,28)/t17-/m0/s1. The van der Waals surface area contributed by atoms with Gasteiger partial charge in [0, 0.05) is 17.4 Å². The summed E-state index contributed by atoms with van der Waals surface area (Å²) in [5.74, 6) is -0.892. The van der Waals surface area contributed by atoms with E-state index in [1.54, 1.807) is 25.1 Å². The van der Waals surface area contributed by atoms with E-state index in [0.29, 0.717) is 11.3 Å². The van der Waals surface area contributed by atoms with Crippen molar-refractivity contribution in [2.75, 3.05) is 16.8 Å². The number of carbonyl (C=O) groups excluding carboxylic acids is 1. The lowest BCUT2D eigenvalue weighted by molar-refractivity contribution is 0.0940. The van der Waals surface area contributed by atoms with Crippen molar-refractivity contribution >= 4 is 31.5 Å². The summed E-state index contributed by atoms with van der Waals surface area (Å²) < 4.78 is 63.0. The number of hydrogen-bond donors (Lipinski definition) is 1. The molecule has 180 valence electrons. The number of amides is 1. The normalized spacial score (nSPS) is 12.7. The minimum atomic E-state index is -3.71. The van der Waals surface area contributed by atoms with Gasteiger partial charge in [0.1, 0.15) is 5.82 Å². The number of benzene rings is 3. The van der Waals surface area contributed by atoms with Crippen LogP contribution in [0.1, 0.15) is 34.5 Å². The number of sulfone groups is 1. The van der Waals surface area contributed by atoms with Gasteiger partial charge in [-0.1, -0.05) is 30.3 Å². The van der Waals surface area contributed by atoms with Crippen LogP contribution in [0.15, 0.2) is 77.7 Å². The van der Waals surface area contributed by atoms with E-state index in [4.69, 9.17) is 0 Å². The molecule has 34 heavy (non-hydrogen) atoms. The highest BCUT2D eigenvalue weighted by atomic mass is 32.2. The van der Waals surface area contributed by atoms with E-state index in [2.05, 4.69) is 5.32 Å². The molecule has 0 bridgehead atoms. The second kappa shape index (κ2) is 9.94. The quantitative estimate of drug-likeness (QED) is 0.504. The van der Waals surface area contributed by atoms with E-state index in [0.717, 1.165) is 22.4 Å². The SMILES string of the molecule is C[C@H](NC(=O)c1ccc(N(Cc2ccccc2F)S(C)(=O)=O)cc1)c1ccc(S(C)(=O)=O)cc1. The highest BCUT2D eigenvalue weighted by Gasteiger charge is 2.20. The minimum Gasteiger partial charge on any atom is -0.346 e. The first-order valence-electron chi connectivity index (χ1n) is 10.3. The third-order valence-corrected chi connectivity index (χ3v) is 7.51. The maximum Gasteiger partial charge on any atom is 0.251 e. The van der Waals surface area contributed by atoms with Crippen molar-refractivity contribution in [1.82, 2.24) is 5.32 Å². The molecule has 0 aliphatic rings. The maximum absolute atomic E-state index is 14.1. The van der Waals surface area contributed by atoms with Crippen molar-refractivity contribution in [3.05, 3.63) is 95.3 Å². The number of halogens is 1. The molecule has 10 heteroatoms. The number of anilines is 1. The summed E-state index contributed by atoms with van der Waals surface area (Å²) in [6, 6.07) is 17.7. The van der Waals surface area contributed by atoms with Gasteiger partial charge in [-0.25, -0.2) is 21.2 Å². The first-order valence-corrected chi connectivity index (χ1v) is 14.0. The Labute approximate surface area is 199 Å². The molecule has 0 aliphatic heterocycles. The van der Waals surface area contributed by atoms with Crippen LogP contribution >= 0.6 is 0 Å². The Kier molecular flexibility index (Phi) is 7.42. The Balaban J connectivity index is 1.75. The van der Waals surface area contributed by atoms with Crippen LogP contribution in [0.4, 0.5) is 10.1 Å². The fourth-order valence-electron chi connectivity index (χ4n) is 3.33. The Morgan fingerprint density at radius 1 is 0.912 bits per heavy atom. The number of sulfonamides is 1. The second-order valence-electron chi connectivity index (χ2n) is 7.94. The second-order valence-corrected chi connectivity index (χ2v) is 11.9. The first kappa shape index (κ1) is 25.4. The van der Waals surface area contributed by atoms with Crippen LogP contribution in [0.2, 0.25) is 0 Å². The predicted molar refractivity (Wildman–Crippen MR) is 129 cm³/mol. The van der Waals surface area contributed by atoms with Crippen LogP contribution in [0.3, 0.4) is 0 Å². The van der Waals surface area contributed by atoms with E-state index in [1.165, 1.54) is 54.6 Å². The number of rotatable bonds is 8. The van der Waals surface area contributed by atoms with Crippen molar-refractivity contribution in [2.45, 2.75) is 24.4 Å². The Hall–Kier alpha value is -3.24. The summed E-state index contributed by atoms with van der Waals surface area (Å²) in [6.07, 6.45) is 2.16. The summed E-state index contributed by atoms with van der Waals surface area (Å²) in [4.78, 5) is 12.9. The summed E-state index contributed by atoms with van der Waals surface area (Å²) >= 11 is 0. The van der Waals surface area contributed by atoms with Gasteiger partial charge in [0.2, 0.25) is 10.0 Å². The third-order valence-electron chi connectivity index (χ3n) is 5.25. The zero-order valence-corrected chi connectivity index (χ0v) is 20.5. The molecule has 1 atom stereocenters. The predicted octanol–water partition coefficient (Wildman–Crippen LogP) is 3.69. The van der Waals surface area contributed by atoms with Crippen LogP contribution in [-0.2, 0) is 26.4 Å². The van der Waals surface area contributed by atoms with Crippen LogP contribution in [-0.4, -0.2) is 35.3 Å². The fourth-order valence-corrected chi connectivity index (χ4v) is 4.84. The monoisotopic (exact) mass is 504 g/mol. The van der Waals surface area contributed by atoms with E-state index in [-0.39, 0.29) is 22.9 Å². The Bertz CT molecular complexity index is 1390. The fraction of sp³-hybridized carbons (Fsp3) is 0.208. The van der Waals surface area contributed by atoms with Crippen molar-refractivity contribution in [3.63, 3.8) is 0 Å². The molecule has 7 nitrogen and oxygen atoms in total. The van der Waals surface area contributed by atoms with E-state index < -0.39 is 31.7 Å². The molecular weight excluding hydrogens is 479 g/mol. The molecule has 0 radical (unpaired) electrons. The Morgan fingerprint density at radius 3 is 2.03 bits per heavy atom. The van der Waals surface area contributed by atoms with E-state index in [1.807, 2.05) is 0 Å². The minimum absolute atomic E-state index is 0.183. The van der Waals surface area contributed by atoms with Gasteiger partial charge in [-0.15, -0.1) is 0 Å². The van der Waals surface area contributed by atoms with Crippen LogP contribution in [0.25, 0.3) is 0 Å². The number of hydrogen-bond acceptors (Lipinski definition) is 5. The number of nitrogens with one attached hydrogen (secondary N) is 1. The van der Waals surface area contributed by atoms with Crippen LogP contribution < -0.4 is 9.62 Å². The molecule has 1 amide bonds. The largest absolute Gasteiger partial charge is 0.346 e. The van der Waals surface area contributed by atoms with E-state index >= 15 is 0 Å². The molecule has 0 unspecified atom stereocenters. The van der Waals surface area contributed by atoms with Gasteiger partial charge in [0.05, 0.1) is 29.4 Å². The van der Waals surface area contributed by atoms with Crippen molar-refractivity contribution in [1.29, 1.82) is 0 Å². The molecule has 1 N–H and O–H groups in total. The van der Waals surface area contributed by atoms with Gasteiger partial charge in [-0.3, -0.25) is 9.10 Å². The molecule has 0 heterocycles. The molecule has 0 saturated heterocycles. The van der Waals surface area contributed by atoms with Gasteiger partial charge in [0.25, 0.3) is 5.91 Å². The van der Waals surface area contributed by atoms with E-state index in [9.17, 15) is 26.0 Å². The molecule has 0 aliphatic carbocycles. The summed E-state index contributed by atoms with van der Waals surface area (Å²) in [5, 5.41) is 2.83. The lowest BCUT2D eigenvalue weighted by Gasteiger charge is -2.23. The first-order chi connectivity index (χ1) is 15.9. The van der Waals surface area contributed by atoms with Crippen molar-refractivity contribution in [3.8, 4) is 0 Å². The molecule has 0 spiro atoms. The topological polar surface area (TPSA) is 101 Å². The van der Waals surface area contributed by atoms with Gasteiger partial charge >= 0.3 is 0 Å². The zero-order chi connectivity index (χ0) is 25.1. The van der Waals surface area contributed by atoms with Crippen molar-refractivity contribution in [2.24, 2.45) is 0 Å². The lowest BCUT2D eigenvalue weighted by Crippen LogP contribution is -2.30. The Morgan fingerprint density at radius 2 is 1.50 bits per heavy atom.